The van der Waals surface area contributed by atoms with Crippen LogP contribution in [0.15, 0.2) is 4.52 Å². The van der Waals surface area contributed by atoms with Gasteiger partial charge in [0.15, 0.2) is 11.9 Å². The van der Waals surface area contributed by atoms with Crippen molar-refractivity contribution in [2.75, 3.05) is 19.7 Å². The Kier molecular flexibility index (Phi) is 3.27. The van der Waals surface area contributed by atoms with Crippen molar-refractivity contribution >= 4 is 10.0 Å². The highest BCUT2D eigenvalue weighted by atomic mass is 32.2. The highest BCUT2D eigenvalue weighted by Gasteiger charge is 2.40. The third kappa shape index (κ3) is 2.49. The predicted molar refractivity (Wildman–Crippen MR) is 73.1 cm³/mol. The van der Waals surface area contributed by atoms with E-state index in [-0.39, 0.29) is 11.8 Å². The van der Waals surface area contributed by atoms with Crippen LogP contribution in [0.25, 0.3) is 0 Å². The maximum absolute atomic E-state index is 12.5. The number of hydrogen-bond donors (Lipinski definition) is 0. The predicted octanol–water partition coefficient (Wildman–Crippen LogP) is 1.20. The van der Waals surface area contributed by atoms with Crippen LogP contribution in [0.3, 0.4) is 0 Å². The monoisotopic (exact) mass is 313 g/mol. The molecular formula is C13H19N3O4S. The van der Waals surface area contributed by atoms with Crippen molar-refractivity contribution in [2.24, 2.45) is 0 Å². The molecule has 0 amide bonds. The lowest BCUT2D eigenvalue weighted by atomic mass is 10.0. The van der Waals surface area contributed by atoms with Crippen molar-refractivity contribution in [3.05, 3.63) is 11.7 Å². The van der Waals surface area contributed by atoms with Gasteiger partial charge in [-0.1, -0.05) is 11.6 Å². The van der Waals surface area contributed by atoms with E-state index in [0.29, 0.717) is 25.0 Å². The van der Waals surface area contributed by atoms with E-state index in [1.54, 1.807) is 0 Å². The molecule has 0 bridgehead atoms. The number of sulfonamides is 1. The SMILES string of the molecule is O=S(=O)(C1CCC1)N1CCOC(c2nc(C3CC3)no2)C1. The molecule has 1 atom stereocenters. The first kappa shape index (κ1) is 13.7. The second-order valence-corrected chi connectivity index (χ2v) is 8.29. The first-order valence-electron chi connectivity index (χ1n) is 7.58. The molecule has 1 unspecified atom stereocenters. The average molecular weight is 313 g/mol. The Balaban J connectivity index is 1.49. The molecule has 1 aliphatic heterocycles. The number of rotatable bonds is 4. The molecule has 116 valence electrons. The Morgan fingerprint density at radius 2 is 2.00 bits per heavy atom. The summed E-state index contributed by atoms with van der Waals surface area (Å²) in [5.41, 5.74) is 0. The molecule has 1 aromatic rings. The standard InChI is InChI=1S/C13H19N3O4S/c17-21(18,10-2-1-3-10)16-6-7-19-11(8-16)13-14-12(15-20-13)9-4-5-9/h9-11H,1-8H2. The summed E-state index contributed by atoms with van der Waals surface area (Å²) in [6, 6.07) is 0. The number of morpholine rings is 1. The summed E-state index contributed by atoms with van der Waals surface area (Å²) in [5.74, 6) is 1.55. The van der Waals surface area contributed by atoms with Crippen molar-refractivity contribution in [1.82, 2.24) is 14.4 Å². The van der Waals surface area contributed by atoms with Crippen LogP contribution in [0.4, 0.5) is 0 Å². The Morgan fingerprint density at radius 1 is 1.19 bits per heavy atom. The van der Waals surface area contributed by atoms with Gasteiger partial charge in [-0.15, -0.1) is 0 Å². The molecule has 0 spiro atoms. The zero-order valence-corrected chi connectivity index (χ0v) is 12.6. The maximum atomic E-state index is 12.5. The van der Waals surface area contributed by atoms with Gasteiger partial charge < -0.3 is 9.26 Å². The van der Waals surface area contributed by atoms with Gasteiger partial charge in [0, 0.05) is 19.0 Å². The molecule has 21 heavy (non-hydrogen) atoms. The van der Waals surface area contributed by atoms with Crippen LogP contribution in [0, 0.1) is 0 Å². The van der Waals surface area contributed by atoms with Crippen molar-refractivity contribution in [2.45, 2.75) is 49.4 Å². The van der Waals surface area contributed by atoms with Crippen LogP contribution in [0.2, 0.25) is 0 Å². The van der Waals surface area contributed by atoms with Crippen molar-refractivity contribution in [1.29, 1.82) is 0 Å². The van der Waals surface area contributed by atoms with Gasteiger partial charge in [-0.3, -0.25) is 0 Å². The molecule has 0 radical (unpaired) electrons. The fraction of sp³-hybridized carbons (Fsp3) is 0.846. The van der Waals surface area contributed by atoms with Gasteiger partial charge in [-0.05, 0) is 25.7 Å². The van der Waals surface area contributed by atoms with E-state index < -0.39 is 16.1 Å². The quantitative estimate of drug-likeness (QED) is 0.830. The van der Waals surface area contributed by atoms with Crippen LogP contribution >= 0.6 is 0 Å². The Morgan fingerprint density at radius 3 is 2.67 bits per heavy atom. The summed E-state index contributed by atoms with van der Waals surface area (Å²) in [7, 11) is -3.20. The Bertz CT molecular complexity index is 621. The van der Waals surface area contributed by atoms with E-state index in [1.807, 2.05) is 0 Å². The van der Waals surface area contributed by atoms with Gasteiger partial charge in [0.05, 0.1) is 11.9 Å². The zero-order valence-electron chi connectivity index (χ0n) is 11.8. The largest absolute Gasteiger partial charge is 0.366 e. The molecule has 7 nitrogen and oxygen atoms in total. The summed E-state index contributed by atoms with van der Waals surface area (Å²) in [5, 5.41) is 3.76. The summed E-state index contributed by atoms with van der Waals surface area (Å²) in [4.78, 5) is 4.37. The van der Waals surface area contributed by atoms with E-state index >= 15 is 0 Å². The lowest BCUT2D eigenvalue weighted by molar-refractivity contribution is -0.0204. The number of hydrogen-bond acceptors (Lipinski definition) is 6. The minimum atomic E-state index is -3.20. The fourth-order valence-electron chi connectivity index (χ4n) is 2.77. The highest BCUT2D eigenvalue weighted by Crippen LogP contribution is 2.39. The second-order valence-electron chi connectivity index (χ2n) is 6.08. The maximum Gasteiger partial charge on any atom is 0.257 e. The van der Waals surface area contributed by atoms with E-state index in [1.165, 1.54) is 4.31 Å². The van der Waals surface area contributed by atoms with Gasteiger partial charge >= 0.3 is 0 Å². The lowest BCUT2D eigenvalue weighted by Crippen LogP contribution is -2.48. The summed E-state index contributed by atoms with van der Waals surface area (Å²) in [6.07, 6.45) is 4.33. The van der Waals surface area contributed by atoms with Crippen molar-refractivity contribution < 1.29 is 17.7 Å². The van der Waals surface area contributed by atoms with Gasteiger partial charge in [0.25, 0.3) is 5.89 Å². The van der Waals surface area contributed by atoms with Crippen LogP contribution in [0.5, 0.6) is 0 Å². The molecule has 2 heterocycles. The average Bonchev–Trinajstić information content (AvgIpc) is 3.14. The Labute approximate surface area is 123 Å². The summed E-state index contributed by atoms with van der Waals surface area (Å²) in [6.45, 7) is 1.07. The molecule has 3 aliphatic rings. The molecule has 2 aliphatic carbocycles. The van der Waals surface area contributed by atoms with Gasteiger partial charge in [0.1, 0.15) is 0 Å². The first-order chi connectivity index (χ1) is 10.1. The van der Waals surface area contributed by atoms with Crippen LogP contribution in [0.1, 0.15) is 55.8 Å². The molecule has 0 N–H and O–H groups in total. The van der Waals surface area contributed by atoms with Gasteiger partial charge in [0.2, 0.25) is 10.0 Å². The summed E-state index contributed by atoms with van der Waals surface area (Å²) < 4.78 is 37.4. The molecule has 1 aromatic heterocycles. The first-order valence-corrected chi connectivity index (χ1v) is 9.09. The third-order valence-electron chi connectivity index (χ3n) is 4.54. The number of aromatic nitrogens is 2. The van der Waals surface area contributed by atoms with Crippen LogP contribution in [-0.4, -0.2) is 47.8 Å². The van der Waals surface area contributed by atoms with E-state index in [2.05, 4.69) is 10.1 Å². The van der Waals surface area contributed by atoms with E-state index in [4.69, 9.17) is 9.26 Å². The van der Waals surface area contributed by atoms with E-state index in [0.717, 1.165) is 37.9 Å². The molecule has 3 fully saturated rings. The summed E-state index contributed by atoms with van der Waals surface area (Å²) >= 11 is 0. The van der Waals surface area contributed by atoms with Crippen LogP contribution in [-0.2, 0) is 14.8 Å². The normalized spacial score (nSPS) is 28.5. The second kappa shape index (κ2) is 5.03. The molecule has 0 aromatic carbocycles. The van der Waals surface area contributed by atoms with Crippen molar-refractivity contribution in [3.8, 4) is 0 Å². The number of nitrogens with zero attached hydrogens (tertiary/aromatic N) is 3. The minimum Gasteiger partial charge on any atom is -0.366 e. The topological polar surface area (TPSA) is 85.5 Å². The fourth-order valence-corrected chi connectivity index (χ4v) is 4.79. The minimum absolute atomic E-state index is 0.207. The van der Waals surface area contributed by atoms with Gasteiger partial charge in [-0.2, -0.15) is 9.29 Å². The van der Waals surface area contributed by atoms with E-state index in [9.17, 15) is 8.42 Å². The Hall–Kier alpha value is -0.990. The highest BCUT2D eigenvalue weighted by molar-refractivity contribution is 7.89. The molecule has 8 heteroatoms. The third-order valence-corrected chi connectivity index (χ3v) is 6.90. The van der Waals surface area contributed by atoms with Crippen molar-refractivity contribution in [3.63, 3.8) is 0 Å². The van der Waals surface area contributed by atoms with Crippen LogP contribution < -0.4 is 0 Å². The molecule has 2 saturated carbocycles. The van der Waals surface area contributed by atoms with Gasteiger partial charge in [-0.25, -0.2) is 8.42 Å². The molecule has 1 saturated heterocycles. The lowest BCUT2D eigenvalue weighted by Gasteiger charge is -2.35. The number of ether oxygens (including phenoxy) is 1. The molecular weight excluding hydrogens is 294 g/mol. The zero-order chi connectivity index (χ0) is 14.4. The molecule has 4 rings (SSSR count). The smallest absolute Gasteiger partial charge is 0.257 e.